The first-order valence-corrected chi connectivity index (χ1v) is 7.46. The van der Waals surface area contributed by atoms with Gasteiger partial charge in [0.25, 0.3) is 15.9 Å². The third-order valence-electron chi connectivity index (χ3n) is 2.90. The van der Waals surface area contributed by atoms with Crippen LogP contribution in [0.2, 0.25) is 0 Å². The second-order valence-corrected chi connectivity index (χ2v) is 6.17. The van der Waals surface area contributed by atoms with Crippen LogP contribution in [0.25, 0.3) is 0 Å². The Kier molecular flexibility index (Phi) is 3.73. The number of hydrogen-bond donors (Lipinski definition) is 1. The standard InChI is InChI=1S/C13H16N2O3S/c1-3-14-8-10(2)9-15-13(16)11-6-4-5-7-12(11)19(15,17)18/h4-7,14H,2-3,8-9H2,1H3. The minimum atomic E-state index is -3.72. The molecule has 0 radical (unpaired) electrons. The van der Waals surface area contributed by atoms with Gasteiger partial charge in [0.2, 0.25) is 0 Å². The van der Waals surface area contributed by atoms with Gasteiger partial charge in [0.05, 0.1) is 12.1 Å². The Balaban J connectivity index is 2.26. The number of amides is 1. The van der Waals surface area contributed by atoms with Crippen molar-refractivity contribution in [3.63, 3.8) is 0 Å². The molecule has 0 aliphatic carbocycles. The van der Waals surface area contributed by atoms with Gasteiger partial charge in [-0.3, -0.25) is 4.79 Å². The number of rotatable bonds is 5. The van der Waals surface area contributed by atoms with Crippen molar-refractivity contribution in [2.75, 3.05) is 19.6 Å². The van der Waals surface area contributed by atoms with E-state index in [0.717, 1.165) is 10.8 Å². The quantitative estimate of drug-likeness (QED) is 0.817. The maximum atomic E-state index is 12.2. The number of fused-ring (bicyclic) bond motifs is 1. The van der Waals surface area contributed by atoms with Gasteiger partial charge in [0.1, 0.15) is 4.90 Å². The first-order valence-electron chi connectivity index (χ1n) is 6.02. The average Bonchev–Trinajstić information content (AvgIpc) is 2.58. The van der Waals surface area contributed by atoms with Crippen LogP contribution in [0.4, 0.5) is 0 Å². The lowest BCUT2D eigenvalue weighted by Gasteiger charge is -2.16. The Morgan fingerprint density at radius 3 is 2.68 bits per heavy atom. The van der Waals surface area contributed by atoms with Gasteiger partial charge in [-0.15, -0.1) is 0 Å². The van der Waals surface area contributed by atoms with Crippen LogP contribution in [-0.4, -0.2) is 38.3 Å². The number of carbonyl (C=O) groups is 1. The fourth-order valence-electron chi connectivity index (χ4n) is 1.95. The van der Waals surface area contributed by atoms with E-state index in [9.17, 15) is 13.2 Å². The van der Waals surface area contributed by atoms with Crippen molar-refractivity contribution in [1.82, 2.24) is 9.62 Å². The Bertz CT molecular complexity index is 623. The molecule has 2 rings (SSSR count). The SMILES string of the molecule is C=C(CNCC)CN1C(=O)c2ccccc2S1(=O)=O. The second-order valence-electron chi connectivity index (χ2n) is 4.34. The van der Waals surface area contributed by atoms with E-state index < -0.39 is 15.9 Å². The number of hydrogen-bond acceptors (Lipinski definition) is 4. The highest BCUT2D eigenvalue weighted by molar-refractivity contribution is 7.90. The van der Waals surface area contributed by atoms with E-state index >= 15 is 0 Å². The lowest BCUT2D eigenvalue weighted by molar-refractivity contribution is 0.0878. The number of benzene rings is 1. The molecule has 5 nitrogen and oxygen atoms in total. The zero-order valence-electron chi connectivity index (χ0n) is 10.7. The number of nitrogens with one attached hydrogen (secondary N) is 1. The highest BCUT2D eigenvalue weighted by atomic mass is 32.2. The molecule has 1 amide bonds. The topological polar surface area (TPSA) is 66.5 Å². The molecule has 1 heterocycles. The summed E-state index contributed by atoms with van der Waals surface area (Å²) in [7, 11) is -3.72. The molecule has 0 atom stereocenters. The first kappa shape index (κ1) is 13.8. The van der Waals surface area contributed by atoms with Crippen LogP contribution in [0.3, 0.4) is 0 Å². The maximum absolute atomic E-state index is 12.2. The van der Waals surface area contributed by atoms with Crippen molar-refractivity contribution in [1.29, 1.82) is 0 Å². The molecule has 1 aliphatic heterocycles. The third-order valence-corrected chi connectivity index (χ3v) is 4.69. The van der Waals surface area contributed by atoms with Crippen LogP contribution in [0.1, 0.15) is 17.3 Å². The summed E-state index contributed by atoms with van der Waals surface area (Å²) < 4.78 is 25.4. The molecular formula is C13H16N2O3S. The smallest absolute Gasteiger partial charge is 0.269 e. The highest BCUT2D eigenvalue weighted by Gasteiger charge is 2.40. The Hall–Kier alpha value is -1.66. The molecule has 19 heavy (non-hydrogen) atoms. The Morgan fingerprint density at radius 1 is 1.37 bits per heavy atom. The van der Waals surface area contributed by atoms with Crippen molar-refractivity contribution in [3.05, 3.63) is 42.0 Å². The molecule has 6 heteroatoms. The van der Waals surface area contributed by atoms with E-state index in [1.165, 1.54) is 12.1 Å². The van der Waals surface area contributed by atoms with Crippen LogP contribution < -0.4 is 5.32 Å². The molecule has 1 aromatic rings. The average molecular weight is 280 g/mol. The van der Waals surface area contributed by atoms with Crippen LogP contribution in [0.5, 0.6) is 0 Å². The molecule has 1 N–H and O–H groups in total. The van der Waals surface area contributed by atoms with Gasteiger partial charge >= 0.3 is 0 Å². The molecule has 0 bridgehead atoms. The van der Waals surface area contributed by atoms with Gasteiger partial charge in [-0.2, -0.15) is 0 Å². The second kappa shape index (κ2) is 5.14. The van der Waals surface area contributed by atoms with E-state index in [0.29, 0.717) is 12.1 Å². The summed E-state index contributed by atoms with van der Waals surface area (Å²) in [6.07, 6.45) is 0. The van der Waals surface area contributed by atoms with E-state index in [2.05, 4.69) is 11.9 Å². The summed E-state index contributed by atoms with van der Waals surface area (Å²) in [6.45, 7) is 7.02. The van der Waals surface area contributed by atoms with E-state index in [4.69, 9.17) is 0 Å². The molecule has 0 saturated carbocycles. The zero-order chi connectivity index (χ0) is 14.0. The van der Waals surface area contributed by atoms with Gasteiger partial charge < -0.3 is 5.32 Å². The van der Waals surface area contributed by atoms with Crippen molar-refractivity contribution < 1.29 is 13.2 Å². The van der Waals surface area contributed by atoms with Crippen LogP contribution in [-0.2, 0) is 10.0 Å². The molecule has 0 aromatic heterocycles. The minimum absolute atomic E-state index is 0.0167. The van der Waals surface area contributed by atoms with Crippen LogP contribution >= 0.6 is 0 Å². The fourth-order valence-corrected chi connectivity index (χ4v) is 3.54. The Labute approximate surface area is 113 Å². The fraction of sp³-hybridized carbons (Fsp3) is 0.308. The van der Waals surface area contributed by atoms with E-state index in [1.54, 1.807) is 12.1 Å². The van der Waals surface area contributed by atoms with Gasteiger partial charge in [-0.1, -0.05) is 25.6 Å². The van der Waals surface area contributed by atoms with Gasteiger partial charge in [0.15, 0.2) is 0 Å². The predicted molar refractivity (Wildman–Crippen MR) is 72.3 cm³/mol. The zero-order valence-corrected chi connectivity index (χ0v) is 11.5. The number of carbonyl (C=O) groups excluding carboxylic acids is 1. The predicted octanol–water partition coefficient (Wildman–Crippen LogP) is 0.997. The number of nitrogens with zero attached hydrogens (tertiary/aromatic N) is 1. The minimum Gasteiger partial charge on any atom is -0.313 e. The van der Waals surface area contributed by atoms with Gasteiger partial charge in [-0.25, -0.2) is 12.7 Å². The summed E-state index contributed by atoms with van der Waals surface area (Å²) in [5, 5.41) is 3.05. The summed E-state index contributed by atoms with van der Waals surface area (Å²) in [5.74, 6) is -0.478. The number of likely N-dealkylation sites (N-methyl/N-ethyl adjacent to an activating group) is 1. The molecule has 0 spiro atoms. The highest BCUT2D eigenvalue weighted by Crippen LogP contribution is 2.30. The molecule has 0 saturated heterocycles. The monoisotopic (exact) mass is 280 g/mol. The molecule has 1 aliphatic rings. The van der Waals surface area contributed by atoms with E-state index in [-0.39, 0.29) is 17.0 Å². The third kappa shape index (κ3) is 2.41. The number of sulfonamides is 1. The summed E-state index contributed by atoms with van der Waals surface area (Å²) in [5.41, 5.74) is 0.894. The largest absolute Gasteiger partial charge is 0.313 e. The van der Waals surface area contributed by atoms with Crippen molar-refractivity contribution >= 4 is 15.9 Å². The molecule has 1 aromatic carbocycles. The van der Waals surface area contributed by atoms with Gasteiger partial charge in [-0.05, 0) is 24.3 Å². The van der Waals surface area contributed by atoms with Crippen molar-refractivity contribution in [3.8, 4) is 0 Å². The molecular weight excluding hydrogens is 264 g/mol. The van der Waals surface area contributed by atoms with E-state index in [1.807, 2.05) is 6.92 Å². The molecule has 102 valence electrons. The normalized spacial score (nSPS) is 16.5. The lowest BCUT2D eigenvalue weighted by Crippen LogP contribution is -2.33. The maximum Gasteiger partial charge on any atom is 0.269 e. The summed E-state index contributed by atoms with van der Waals surface area (Å²) in [4.78, 5) is 12.2. The lowest BCUT2D eigenvalue weighted by atomic mass is 10.2. The van der Waals surface area contributed by atoms with Crippen LogP contribution in [0.15, 0.2) is 41.3 Å². The Morgan fingerprint density at radius 2 is 2.05 bits per heavy atom. The summed E-state index contributed by atoms with van der Waals surface area (Å²) in [6, 6.07) is 6.25. The van der Waals surface area contributed by atoms with Crippen LogP contribution in [0, 0.1) is 0 Å². The van der Waals surface area contributed by atoms with Crippen molar-refractivity contribution in [2.45, 2.75) is 11.8 Å². The molecule has 0 unspecified atom stereocenters. The molecule has 0 fully saturated rings. The first-order chi connectivity index (χ1) is 8.98. The summed E-state index contributed by atoms with van der Waals surface area (Å²) >= 11 is 0. The van der Waals surface area contributed by atoms with Gasteiger partial charge in [0, 0.05) is 6.54 Å². The van der Waals surface area contributed by atoms with Crippen molar-refractivity contribution in [2.24, 2.45) is 0 Å².